The molecule has 0 saturated heterocycles. The van der Waals surface area contributed by atoms with E-state index in [9.17, 15) is 26.4 Å². The highest BCUT2D eigenvalue weighted by molar-refractivity contribution is 8.07. The van der Waals surface area contributed by atoms with Crippen molar-refractivity contribution in [2.45, 2.75) is 9.79 Å². The van der Waals surface area contributed by atoms with Crippen molar-refractivity contribution in [1.82, 2.24) is 3.71 Å². The maximum absolute atomic E-state index is 12.3. The van der Waals surface area contributed by atoms with Crippen molar-refractivity contribution in [1.29, 1.82) is 0 Å². The molecular formula is C14H9NO7S2. The van der Waals surface area contributed by atoms with Gasteiger partial charge in [0.25, 0.3) is 20.0 Å². The summed E-state index contributed by atoms with van der Waals surface area (Å²) in [5, 5.41) is 0. The van der Waals surface area contributed by atoms with E-state index in [-0.39, 0.29) is 5.75 Å². The molecule has 1 amide bonds. The third-order valence-corrected chi connectivity index (χ3v) is 7.47. The molecule has 0 atom stereocenters. The first-order valence-electron chi connectivity index (χ1n) is 6.47. The van der Waals surface area contributed by atoms with E-state index in [1.54, 1.807) is 6.07 Å². The lowest BCUT2D eigenvalue weighted by Crippen LogP contribution is -2.42. The number of carbonyl (C=O) groups is 2. The van der Waals surface area contributed by atoms with Gasteiger partial charge in [0.15, 0.2) is 0 Å². The molecule has 8 nitrogen and oxygen atoms in total. The van der Waals surface area contributed by atoms with Crippen molar-refractivity contribution in [3.8, 4) is 5.75 Å². The lowest BCUT2D eigenvalue weighted by molar-refractivity contribution is -0.149. The van der Waals surface area contributed by atoms with Crippen LogP contribution in [0.2, 0.25) is 0 Å². The highest BCUT2D eigenvalue weighted by atomic mass is 32.3. The second-order valence-electron chi connectivity index (χ2n) is 4.66. The maximum atomic E-state index is 12.3. The van der Waals surface area contributed by atoms with Gasteiger partial charge in [-0.25, -0.2) is 4.79 Å². The summed E-state index contributed by atoms with van der Waals surface area (Å²) in [5.74, 6) is -3.46. The maximum Gasteiger partial charge on any atom is 0.404 e. The lowest BCUT2D eigenvalue weighted by Gasteiger charge is -2.12. The summed E-state index contributed by atoms with van der Waals surface area (Å²) in [7, 11) is -9.39. The minimum atomic E-state index is -4.70. The Bertz CT molecular complexity index is 991. The van der Waals surface area contributed by atoms with Crippen LogP contribution in [-0.4, -0.2) is 32.4 Å². The number of para-hydroxylation sites is 1. The predicted octanol–water partition coefficient (Wildman–Crippen LogP) is 0.512. The van der Waals surface area contributed by atoms with Crippen LogP contribution in [0.1, 0.15) is 0 Å². The Balaban J connectivity index is 2.01. The Morgan fingerprint density at radius 3 is 1.71 bits per heavy atom. The SMILES string of the molecule is O=C(Oc1ccccc1)C(=O)N1S(=O)(=O)c2ccccc2S1(=O)=O. The fourth-order valence-corrected chi connectivity index (χ4v) is 6.35. The number of benzene rings is 2. The lowest BCUT2D eigenvalue weighted by atomic mass is 10.3. The Morgan fingerprint density at radius 2 is 1.21 bits per heavy atom. The number of hydrogen-bond acceptors (Lipinski definition) is 7. The van der Waals surface area contributed by atoms with E-state index in [1.807, 2.05) is 0 Å². The molecule has 2 aromatic rings. The molecule has 1 aliphatic heterocycles. The zero-order chi connectivity index (χ0) is 17.5. The van der Waals surface area contributed by atoms with Crippen molar-refractivity contribution in [2.75, 3.05) is 0 Å². The van der Waals surface area contributed by atoms with Gasteiger partial charge in [-0.1, -0.05) is 30.3 Å². The number of hydrogen-bond donors (Lipinski definition) is 0. The van der Waals surface area contributed by atoms with Gasteiger partial charge in [0.2, 0.25) is 0 Å². The van der Waals surface area contributed by atoms with Crippen molar-refractivity contribution < 1.29 is 31.2 Å². The van der Waals surface area contributed by atoms with Gasteiger partial charge in [0, 0.05) is 0 Å². The largest absolute Gasteiger partial charge is 0.419 e. The normalized spacial score (nSPS) is 17.1. The van der Waals surface area contributed by atoms with Crippen LogP contribution in [0.25, 0.3) is 0 Å². The molecule has 0 fully saturated rings. The first kappa shape index (κ1) is 16.1. The molecule has 2 aromatic carbocycles. The summed E-state index contributed by atoms with van der Waals surface area (Å²) in [6.07, 6.45) is 0. The van der Waals surface area contributed by atoms with E-state index in [1.165, 1.54) is 36.4 Å². The standard InChI is InChI=1S/C14H9NO7S2/c16-13(14(17)22-10-6-2-1-3-7-10)15-23(18,19)11-8-4-5-9-12(11)24(15,20)21/h1-9H. The topological polar surface area (TPSA) is 115 Å². The van der Waals surface area contributed by atoms with Crippen LogP contribution in [0.3, 0.4) is 0 Å². The quantitative estimate of drug-likeness (QED) is 0.410. The van der Waals surface area contributed by atoms with Crippen LogP contribution in [0.4, 0.5) is 0 Å². The van der Waals surface area contributed by atoms with Gasteiger partial charge >= 0.3 is 11.9 Å². The minimum absolute atomic E-state index is 0.0256. The number of ether oxygens (including phenoxy) is 1. The van der Waals surface area contributed by atoms with Gasteiger partial charge in [0.05, 0.1) is 0 Å². The first-order valence-corrected chi connectivity index (χ1v) is 9.35. The highest BCUT2D eigenvalue weighted by Gasteiger charge is 2.52. The smallest absolute Gasteiger partial charge is 0.404 e. The number of rotatable bonds is 1. The summed E-state index contributed by atoms with van der Waals surface area (Å²) in [5.41, 5.74) is 0. The second kappa shape index (κ2) is 5.42. The second-order valence-corrected chi connectivity index (χ2v) is 8.40. The van der Waals surface area contributed by atoms with Crippen LogP contribution in [0.15, 0.2) is 64.4 Å². The fourth-order valence-electron chi connectivity index (χ4n) is 2.12. The number of fused-ring (bicyclic) bond motifs is 1. The van der Waals surface area contributed by atoms with Crippen LogP contribution in [-0.2, 0) is 29.6 Å². The van der Waals surface area contributed by atoms with Crippen LogP contribution < -0.4 is 4.74 Å². The zero-order valence-corrected chi connectivity index (χ0v) is 13.5. The van der Waals surface area contributed by atoms with Gasteiger partial charge in [0.1, 0.15) is 15.5 Å². The van der Waals surface area contributed by atoms with Crippen molar-refractivity contribution in [3.05, 3.63) is 54.6 Å². The molecule has 124 valence electrons. The third kappa shape index (κ3) is 2.36. The zero-order valence-electron chi connectivity index (χ0n) is 11.8. The molecule has 10 heteroatoms. The van der Waals surface area contributed by atoms with E-state index in [0.717, 1.165) is 12.1 Å². The molecule has 0 radical (unpaired) electrons. The summed E-state index contributed by atoms with van der Waals surface area (Å²) in [4.78, 5) is 22.9. The van der Waals surface area contributed by atoms with E-state index in [2.05, 4.69) is 0 Å². The van der Waals surface area contributed by atoms with E-state index >= 15 is 0 Å². The Hall–Kier alpha value is -2.72. The Labute approximate surface area is 137 Å². The number of amides is 1. The summed E-state index contributed by atoms with van der Waals surface area (Å²) in [6.45, 7) is 0. The third-order valence-electron chi connectivity index (χ3n) is 3.14. The van der Waals surface area contributed by atoms with Gasteiger partial charge in [-0.05, 0) is 24.3 Å². The molecule has 0 saturated carbocycles. The average molecular weight is 367 g/mol. The predicted molar refractivity (Wildman–Crippen MR) is 79.7 cm³/mol. The molecule has 0 aromatic heterocycles. The van der Waals surface area contributed by atoms with Gasteiger partial charge in [-0.3, -0.25) is 4.79 Å². The molecular weight excluding hydrogens is 358 g/mol. The van der Waals surface area contributed by atoms with Crippen molar-refractivity contribution in [2.24, 2.45) is 0 Å². The van der Waals surface area contributed by atoms with Crippen LogP contribution in [0.5, 0.6) is 5.75 Å². The number of esters is 1. The number of nitrogens with zero attached hydrogens (tertiary/aromatic N) is 1. The van der Waals surface area contributed by atoms with Crippen LogP contribution >= 0.6 is 0 Å². The molecule has 0 spiro atoms. The molecule has 1 aliphatic rings. The Kier molecular flexibility index (Phi) is 3.65. The minimum Gasteiger partial charge on any atom is -0.419 e. The van der Waals surface area contributed by atoms with Gasteiger partial charge in [-0.2, -0.15) is 16.8 Å². The van der Waals surface area contributed by atoms with Crippen LogP contribution in [0, 0.1) is 0 Å². The van der Waals surface area contributed by atoms with Gasteiger partial charge in [-0.15, -0.1) is 3.71 Å². The van der Waals surface area contributed by atoms with Gasteiger partial charge < -0.3 is 4.74 Å². The monoisotopic (exact) mass is 367 g/mol. The average Bonchev–Trinajstić information content (AvgIpc) is 2.71. The first-order chi connectivity index (χ1) is 11.3. The highest BCUT2D eigenvalue weighted by Crippen LogP contribution is 2.36. The molecule has 0 unspecified atom stereocenters. The fraction of sp³-hybridized carbons (Fsp3) is 0. The molecule has 1 heterocycles. The Morgan fingerprint density at radius 1 is 0.750 bits per heavy atom. The number of sulfonamides is 2. The van der Waals surface area contributed by atoms with Crippen molar-refractivity contribution in [3.63, 3.8) is 0 Å². The van der Waals surface area contributed by atoms with E-state index in [4.69, 9.17) is 4.74 Å². The summed E-state index contributed by atoms with van der Waals surface area (Å²) >= 11 is 0. The summed E-state index contributed by atoms with van der Waals surface area (Å²) < 4.78 is 53.5. The molecule has 24 heavy (non-hydrogen) atoms. The van der Waals surface area contributed by atoms with Crippen molar-refractivity contribution >= 4 is 31.9 Å². The van der Waals surface area contributed by atoms with E-state index in [0.29, 0.717) is 0 Å². The molecule has 0 N–H and O–H groups in total. The summed E-state index contributed by atoms with van der Waals surface area (Å²) in [6, 6.07) is 12.1. The molecule has 0 bridgehead atoms. The molecule has 0 aliphatic carbocycles. The van der Waals surface area contributed by atoms with E-state index < -0.39 is 45.4 Å². The number of carbonyl (C=O) groups excluding carboxylic acids is 2. The molecule has 3 rings (SSSR count).